The van der Waals surface area contributed by atoms with Crippen molar-refractivity contribution in [2.75, 3.05) is 5.32 Å². The van der Waals surface area contributed by atoms with Crippen LogP contribution in [-0.4, -0.2) is 18.1 Å². The van der Waals surface area contributed by atoms with Crippen LogP contribution in [-0.2, 0) is 0 Å². The molecule has 2 fully saturated rings. The summed E-state index contributed by atoms with van der Waals surface area (Å²) in [6.45, 7) is 2.17. The van der Waals surface area contributed by atoms with Gasteiger partial charge in [-0.1, -0.05) is 22.0 Å². The third-order valence-electron chi connectivity index (χ3n) is 4.10. The topological polar surface area (TPSA) is 24.1 Å². The molecule has 2 bridgehead atoms. The SMILES string of the molecule is Cc1c(Br)cccc1NC1CC2CCC(C1)N2. The van der Waals surface area contributed by atoms with Gasteiger partial charge in [-0.3, -0.25) is 0 Å². The molecule has 2 heterocycles. The van der Waals surface area contributed by atoms with Crippen LogP contribution >= 0.6 is 15.9 Å². The summed E-state index contributed by atoms with van der Waals surface area (Å²) in [7, 11) is 0. The van der Waals surface area contributed by atoms with Gasteiger partial charge in [0.25, 0.3) is 0 Å². The average molecular weight is 295 g/mol. The van der Waals surface area contributed by atoms with Crippen LogP contribution in [0.25, 0.3) is 0 Å². The van der Waals surface area contributed by atoms with Crippen LogP contribution in [0.5, 0.6) is 0 Å². The van der Waals surface area contributed by atoms with Gasteiger partial charge in [-0.15, -0.1) is 0 Å². The van der Waals surface area contributed by atoms with Crippen molar-refractivity contribution in [2.45, 2.75) is 50.7 Å². The normalized spacial score (nSPS) is 31.5. The standard InChI is InChI=1S/C14H19BrN2/c1-9-13(15)3-2-4-14(9)17-12-7-10-5-6-11(8-12)16-10/h2-4,10-12,16-17H,5-8H2,1H3. The molecule has 17 heavy (non-hydrogen) atoms. The molecule has 3 heteroatoms. The molecule has 1 aromatic rings. The second kappa shape index (κ2) is 4.62. The van der Waals surface area contributed by atoms with E-state index in [1.165, 1.54) is 41.4 Å². The number of rotatable bonds is 2. The molecule has 0 amide bonds. The second-order valence-electron chi connectivity index (χ2n) is 5.36. The van der Waals surface area contributed by atoms with Gasteiger partial charge in [0.15, 0.2) is 0 Å². The van der Waals surface area contributed by atoms with Gasteiger partial charge in [0.05, 0.1) is 0 Å². The van der Waals surface area contributed by atoms with E-state index in [9.17, 15) is 0 Å². The zero-order valence-corrected chi connectivity index (χ0v) is 11.8. The van der Waals surface area contributed by atoms with Crippen LogP contribution in [0.3, 0.4) is 0 Å². The van der Waals surface area contributed by atoms with E-state index in [4.69, 9.17) is 0 Å². The van der Waals surface area contributed by atoms with Crippen LogP contribution in [0.15, 0.2) is 22.7 Å². The van der Waals surface area contributed by atoms with Crippen molar-refractivity contribution in [3.63, 3.8) is 0 Å². The molecule has 1 aromatic carbocycles. The number of anilines is 1. The number of hydrogen-bond donors (Lipinski definition) is 2. The lowest BCUT2D eigenvalue weighted by atomic mass is 9.99. The molecule has 2 N–H and O–H groups in total. The van der Waals surface area contributed by atoms with E-state index in [1.807, 2.05) is 0 Å². The molecule has 2 atom stereocenters. The minimum atomic E-state index is 0.641. The molecule has 92 valence electrons. The highest BCUT2D eigenvalue weighted by Crippen LogP contribution is 2.30. The van der Waals surface area contributed by atoms with Crippen molar-refractivity contribution >= 4 is 21.6 Å². The Morgan fingerprint density at radius 2 is 1.94 bits per heavy atom. The van der Waals surface area contributed by atoms with Crippen molar-refractivity contribution in [1.82, 2.24) is 5.32 Å². The molecule has 2 unspecified atom stereocenters. The minimum Gasteiger partial charge on any atom is -0.382 e. The third-order valence-corrected chi connectivity index (χ3v) is 4.96. The Morgan fingerprint density at radius 3 is 2.65 bits per heavy atom. The van der Waals surface area contributed by atoms with Crippen LogP contribution in [0, 0.1) is 6.92 Å². The van der Waals surface area contributed by atoms with E-state index in [2.05, 4.69) is 51.7 Å². The summed E-state index contributed by atoms with van der Waals surface area (Å²) in [6.07, 6.45) is 5.26. The first kappa shape index (κ1) is 11.5. The number of piperidine rings is 1. The minimum absolute atomic E-state index is 0.641. The Morgan fingerprint density at radius 1 is 1.24 bits per heavy atom. The Hall–Kier alpha value is -0.540. The average Bonchev–Trinajstić information content (AvgIpc) is 2.65. The maximum Gasteiger partial charge on any atom is 0.0383 e. The number of benzene rings is 1. The monoisotopic (exact) mass is 294 g/mol. The maximum atomic E-state index is 3.72. The van der Waals surface area contributed by atoms with Gasteiger partial charge in [0.1, 0.15) is 0 Å². The molecule has 0 aliphatic carbocycles. The third kappa shape index (κ3) is 2.36. The molecular formula is C14H19BrN2. The zero-order chi connectivity index (χ0) is 11.8. The lowest BCUT2D eigenvalue weighted by Gasteiger charge is -2.31. The van der Waals surface area contributed by atoms with E-state index in [-0.39, 0.29) is 0 Å². The molecule has 0 spiro atoms. The van der Waals surface area contributed by atoms with Crippen LogP contribution in [0.4, 0.5) is 5.69 Å². The fraction of sp³-hybridized carbons (Fsp3) is 0.571. The number of nitrogens with one attached hydrogen (secondary N) is 2. The second-order valence-corrected chi connectivity index (χ2v) is 6.22. The van der Waals surface area contributed by atoms with Crippen LogP contribution < -0.4 is 10.6 Å². The lowest BCUT2D eigenvalue weighted by Crippen LogP contribution is -2.43. The van der Waals surface area contributed by atoms with Gasteiger partial charge in [-0.2, -0.15) is 0 Å². The summed E-state index contributed by atoms with van der Waals surface area (Å²) in [5.41, 5.74) is 2.60. The highest BCUT2D eigenvalue weighted by molar-refractivity contribution is 9.10. The molecular weight excluding hydrogens is 276 g/mol. The van der Waals surface area contributed by atoms with E-state index in [0.29, 0.717) is 6.04 Å². The molecule has 3 rings (SSSR count). The van der Waals surface area contributed by atoms with Gasteiger partial charge >= 0.3 is 0 Å². The largest absolute Gasteiger partial charge is 0.382 e. The van der Waals surface area contributed by atoms with Crippen LogP contribution in [0.2, 0.25) is 0 Å². The molecule has 0 saturated carbocycles. The summed E-state index contributed by atoms with van der Waals surface area (Å²) in [5.74, 6) is 0. The highest BCUT2D eigenvalue weighted by atomic mass is 79.9. The van der Waals surface area contributed by atoms with Crippen molar-refractivity contribution in [1.29, 1.82) is 0 Å². The maximum absolute atomic E-state index is 3.72. The molecule has 0 aromatic heterocycles. The highest BCUT2D eigenvalue weighted by Gasteiger charge is 2.33. The summed E-state index contributed by atoms with van der Waals surface area (Å²) in [6, 6.07) is 8.53. The van der Waals surface area contributed by atoms with Gasteiger partial charge in [0.2, 0.25) is 0 Å². The summed E-state index contributed by atoms with van der Waals surface area (Å²) < 4.78 is 1.19. The zero-order valence-electron chi connectivity index (χ0n) is 10.2. The van der Waals surface area contributed by atoms with Gasteiger partial charge in [0, 0.05) is 28.3 Å². The number of fused-ring (bicyclic) bond motifs is 2. The quantitative estimate of drug-likeness (QED) is 0.873. The van der Waals surface area contributed by atoms with E-state index in [0.717, 1.165) is 12.1 Å². The van der Waals surface area contributed by atoms with Gasteiger partial charge in [-0.05, 0) is 50.3 Å². The molecule has 2 aliphatic rings. The first-order valence-corrected chi connectivity index (χ1v) is 7.29. The Bertz CT molecular complexity index is 407. The summed E-state index contributed by atoms with van der Waals surface area (Å²) >= 11 is 3.59. The fourth-order valence-electron chi connectivity index (χ4n) is 3.16. The Labute approximate surface area is 111 Å². The van der Waals surface area contributed by atoms with Gasteiger partial charge in [-0.25, -0.2) is 0 Å². The first-order valence-electron chi connectivity index (χ1n) is 6.50. The Kier molecular flexibility index (Phi) is 3.14. The van der Waals surface area contributed by atoms with Crippen molar-refractivity contribution < 1.29 is 0 Å². The summed E-state index contributed by atoms with van der Waals surface area (Å²) in [4.78, 5) is 0. The van der Waals surface area contributed by atoms with Crippen molar-refractivity contribution in [2.24, 2.45) is 0 Å². The molecule has 2 nitrogen and oxygen atoms in total. The fourth-order valence-corrected chi connectivity index (χ4v) is 3.53. The number of halogens is 1. The molecule has 0 radical (unpaired) electrons. The lowest BCUT2D eigenvalue weighted by molar-refractivity contribution is 0.378. The van der Waals surface area contributed by atoms with E-state index in [1.54, 1.807) is 0 Å². The van der Waals surface area contributed by atoms with Crippen molar-refractivity contribution in [3.05, 3.63) is 28.2 Å². The van der Waals surface area contributed by atoms with Crippen LogP contribution in [0.1, 0.15) is 31.2 Å². The molecule has 2 aliphatic heterocycles. The first-order chi connectivity index (χ1) is 8.22. The van der Waals surface area contributed by atoms with Gasteiger partial charge < -0.3 is 10.6 Å². The van der Waals surface area contributed by atoms with E-state index >= 15 is 0 Å². The Balaban J connectivity index is 1.72. The number of hydrogen-bond acceptors (Lipinski definition) is 2. The summed E-state index contributed by atoms with van der Waals surface area (Å²) in [5, 5.41) is 7.40. The van der Waals surface area contributed by atoms with E-state index < -0.39 is 0 Å². The predicted molar refractivity (Wildman–Crippen MR) is 75.5 cm³/mol. The molecule has 2 saturated heterocycles. The van der Waals surface area contributed by atoms with Crippen molar-refractivity contribution in [3.8, 4) is 0 Å². The smallest absolute Gasteiger partial charge is 0.0383 e. The predicted octanol–water partition coefficient (Wildman–Crippen LogP) is 3.45.